The van der Waals surface area contributed by atoms with Crippen molar-refractivity contribution < 1.29 is 14.3 Å². The zero-order valence-electron chi connectivity index (χ0n) is 17.0. The number of carbonyl (C=O) groups excluding carboxylic acids is 2. The van der Waals surface area contributed by atoms with E-state index in [2.05, 4.69) is 15.9 Å². The fraction of sp³-hybridized carbons (Fsp3) is 0.364. The molecule has 0 radical (unpaired) electrons. The Labute approximate surface area is 184 Å². The van der Waals surface area contributed by atoms with Crippen molar-refractivity contribution in [2.45, 2.75) is 40.2 Å². The molecule has 0 saturated heterocycles. The summed E-state index contributed by atoms with van der Waals surface area (Å²) in [6.07, 6.45) is 0.306. The Morgan fingerprint density at radius 3 is 2.38 bits per heavy atom. The van der Waals surface area contributed by atoms with E-state index >= 15 is 0 Å². The molecule has 0 fully saturated rings. The third kappa shape index (κ3) is 4.14. The van der Waals surface area contributed by atoms with Gasteiger partial charge < -0.3 is 9.64 Å². The number of ether oxygens (including phenoxy) is 1. The first-order chi connectivity index (χ1) is 13.8. The molecule has 7 heteroatoms. The van der Waals surface area contributed by atoms with Crippen molar-refractivity contribution in [2.75, 3.05) is 23.0 Å². The lowest BCUT2D eigenvalue weighted by molar-refractivity contribution is 0.0980. The van der Waals surface area contributed by atoms with Crippen molar-refractivity contribution in [3.8, 4) is 0 Å². The summed E-state index contributed by atoms with van der Waals surface area (Å²) in [7, 11) is 0. The fourth-order valence-electron chi connectivity index (χ4n) is 3.54. The maximum Gasteiger partial charge on any atom is 0.414 e. The van der Waals surface area contributed by atoms with Crippen LogP contribution < -0.4 is 9.80 Å². The normalized spacial score (nSPS) is 15.9. The molecule has 1 heterocycles. The Balaban J connectivity index is 2.14. The zero-order chi connectivity index (χ0) is 21.3. The van der Waals surface area contributed by atoms with Gasteiger partial charge in [-0.2, -0.15) is 0 Å². The zero-order valence-corrected chi connectivity index (χ0v) is 19.3. The fourth-order valence-corrected chi connectivity index (χ4v) is 4.39. The van der Waals surface area contributed by atoms with Crippen LogP contribution in [0.3, 0.4) is 0 Å². The maximum atomic E-state index is 13.5. The number of carbonyl (C=O) groups is 2. The largest absolute Gasteiger partial charge is 0.449 e. The molecule has 29 heavy (non-hydrogen) atoms. The molecular formula is C22H24BrClN2O3. The minimum absolute atomic E-state index is 0.139. The lowest BCUT2D eigenvalue weighted by atomic mass is 9.99. The Hall–Kier alpha value is -2.05. The molecule has 1 unspecified atom stereocenters. The number of hydrogen-bond donors (Lipinski definition) is 0. The van der Waals surface area contributed by atoms with Gasteiger partial charge in [0.2, 0.25) is 0 Å². The van der Waals surface area contributed by atoms with Gasteiger partial charge in [0.15, 0.2) is 0 Å². The third-order valence-electron chi connectivity index (χ3n) is 5.24. The highest BCUT2D eigenvalue weighted by Crippen LogP contribution is 2.40. The molecule has 5 nitrogen and oxygen atoms in total. The summed E-state index contributed by atoms with van der Waals surface area (Å²) >= 11 is 9.49. The monoisotopic (exact) mass is 478 g/mol. The maximum absolute atomic E-state index is 13.5. The number of rotatable bonds is 3. The van der Waals surface area contributed by atoms with Gasteiger partial charge in [0.25, 0.3) is 5.91 Å². The van der Waals surface area contributed by atoms with E-state index in [0.29, 0.717) is 46.0 Å². The van der Waals surface area contributed by atoms with E-state index in [1.807, 2.05) is 32.9 Å². The highest BCUT2D eigenvalue weighted by Gasteiger charge is 2.38. The number of halogens is 2. The van der Waals surface area contributed by atoms with E-state index in [0.717, 1.165) is 11.1 Å². The van der Waals surface area contributed by atoms with E-state index in [1.165, 1.54) is 0 Å². The van der Waals surface area contributed by atoms with Gasteiger partial charge in [0.1, 0.15) is 0 Å². The number of anilines is 2. The second kappa shape index (κ2) is 8.76. The Bertz CT molecular complexity index is 963. The van der Waals surface area contributed by atoms with Crippen LogP contribution in [0.2, 0.25) is 5.02 Å². The van der Waals surface area contributed by atoms with Crippen molar-refractivity contribution in [1.82, 2.24) is 0 Å². The topological polar surface area (TPSA) is 49.9 Å². The molecule has 2 amide bonds. The predicted octanol–water partition coefficient (Wildman–Crippen LogP) is 6.12. The summed E-state index contributed by atoms with van der Waals surface area (Å²) in [6.45, 7) is 8.47. The highest BCUT2D eigenvalue weighted by molar-refractivity contribution is 9.10. The first kappa shape index (κ1) is 21.7. The molecule has 1 aliphatic heterocycles. The van der Waals surface area contributed by atoms with Crippen LogP contribution in [-0.4, -0.2) is 31.2 Å². The first-order valence-corrected chi connectivity index (χ1v) is 10.8. The summed E-state index contributed by atoms with van der Waals surface area (Å²) in [5.74, 6) is -0.139. The van der Waals surface area contributed by atoms with Crippen molar-refractivity contribution in [1.29, 1.82) is 0 Å². The molecule has 0 N–H and O–H groups in total. The molecule has 0 aromatic heterocycles. The lowest BCUT2D eigenvalue weighted by Gasteiger charge is -2.42. The van der Waals surface area contributed by atoms with Crippen LogP contribution in [0.5, 0.6) is 0 Å². The first-order valence-electron chi connectivity index (χ1n) is 9.62. The van der Waals surface area contributed by atoms with Gasteiger partial charge in [-0.05, 0) is 84.6 Å². The third-order valence-corrected chi connectivity index (χ3v) is 6.13. The standard InChI is InChI=1S/C22H24BrClN2O3/c1-5-16-12-25(21(27)17-8-7-15(24)11-18(17)23)19-9-13(3)14(4)10-20(19)26(16)22(28)29-6-2/h7-11,16H,5-6,12H2,1-4H3. The van der Waals surface area contributed by atoms with Crippen LogP contribution in [0.1, 0.15) is 41.8 Å². The molecule has 0 saturated carbocycles. The quantitative estimate of drug-likeness (QED) is 0.533. The predicted molar refractivity (Wildman–Crippen MR) is 120 cm³/mol. The summed E-state index contributed by atoms with van der Waals surface area (Å²) < 4.78 is 5.95. The van der Waals surface area contributed by atoms with Gasteiger partial charge >= 0.3 is 6.09 Å². The molecule has 154 valence electrons. The molecule has 2 aromatic rings. The van der Waals surface area contributed by atoms with Gasteiger partial charge in [-0.15, -0.1) is 0 Å². The Kier molecular flexibility index (Phi) is 6.54. The van der Waals surface area contributed by atoms with E-state index in [9.17, 15) is 9.59 Å². The molecule has 2 aromatic carbocycles. The number of nitrogens with zero attached hydrogens (tertiary/aromatic N) is 2. The van der Waals surface area contributed by atoms with E-state index in [-0.39, 0.29) is 18.0 Å². The number of amides is 2. The number of hydrogen-bond acceptors (Lipinski definition) is 3. The van der Waals surface area contributed by atoms with Gasteiger partial charge in [-0.25, -0.2) is 4.79 Å². The van der Waals surface area contributed by atoms with E-state index in [1.54, 1.807) is 34.9 Å². The molecule has 0 aliphatic carbocycles. The molecule has 1 aliphatic rings. The Morgan fingerprint density at radius 1 is 1.14 bits per heavy atom. The summed E-state index contributed by atoms with van der Waals surface area (Å²) in [5, 5.41) is 0.554. The van der Waals surface area contributed by atoms with Crippen molar-refractivity contribution in [3.63, 3.8) is 0 Å². The van der Waals surface area contributed by atoms with Crippen molar-refractivity contribution >= 4 is 50.9 Å². The van der Waals surface area contributed by atoms with Gasteiger partial charge in [-0.3, -0.25) is 9.69 Å². The lowest BCUT2D eigenvalue weighted by Crippen LogP contribution is -2.53. The van der Waals surface area contributed by atoms with Crippen molar-refractivity contribution in [2.24, 2.45) is 0 Å². The minimum Gasteiger partial charge on any atom is -0.449 e. The average molecular weight is 480 g/mol. The van der Waals surface area contributed by atoms with Crippen LogP contribution >= 0.6 is 27.5 Å². The van der Waals surface area contributed by atoms with Crippen LogP contribution in [0.15, 0.2) is 34.8 Å². The van der Waals surface area contributed by atoms with Gasteiger partial charge in [0, 0.05) is 16.0 Å². The Morgan fingerprint density at radius 2 is 1.79 bits per heavy atom. The van der Waals surface area contributed by atoms with E-state index in [4.69, 9.17) is 16.3 Å². The van der Waals surface area contributed by atoms with Crippen molar-refractivity contribution in [3.05, 3.63) is 56.5 Å². The smallest absolute Gasteiger partial charge is 0.414 e. The summed E-state index contributed by atoms with van der Waals surface area (Å²) in [4.78, 5) is 29.7. The number of benzene rings is 2. The molecule has 0 spiro atoms. The molecule has 0 bridgehead atoms. The van der Waals surface area contributed by atoms with Crippen LogP contribution in [0.4, 0.5) is 16.2 Å². The summed E-state index contributed by atoms with van der Waals surface area (Å²) in [5.41, 5.74) is 4.03. The minimum atomic E-state index is -0.386. The average Bonchev–Trinajstić information content (AvgIpc) is 2.67. The molecule has 1 atom stereocenters. The molecule has 3 rings (SSSR count). The second-order valence-corrected chi connectivity index (χ2v) is 8.39. The van der Waals surface area contributed by atoms with Crippen LogP contribution in [0, 0.1) is 13.8 Å². The molecular weight excluding hydrogens is 456 g/mol. The number of aryl methyl sites for hydroxylation is 2. The summed E-state index contributed by atoms with van der Waals surface area (Å²) in [6, 6.07) is 8.87. The van der Waals surface area contributed by atoms with Gasteiger partial charge in [-0.1, -0.05) is 18.5 Å². The second-order valence-electron chi connectivity index (χ2n) is 7.10. The van der Waals surface area contributed by atoms with E-state index < -0.39 is 0 Å². The number of fused-ring (bicyclic) bond motifs is 1. The van der Waals surface area contributed by atoms with Gasteiger partial charge in [0.05, 0.1) is 29.6 Å². The van der Waals surface area contributed by atoms with Crippen LogP contribution in [0.25, 0.3) is 0 Å². The SMILES string of the molecule is CCOC(=O)N1c2cc(C)c(C)cc2N(C(=O)c2ccc(Cl)cc2Br)CC1CC. The highest BCUT2D eigenvalue weighted by atomic mass is 79.9. The van der Waals surface area contributed by atoms with Crippen LogP contribution in [-0.2, 0) is 4.74 Å².